The number of hydrogen-bond acceptors (Lipinski definition) is 4. The first-order chi connectivity index (χ1) is 10.0. The molecule has 3 rings (SSSR count). The average Bonchev–Trinajstić information content (AvgIpc) is 2.72. The SMILES string of the molecule is Cc1cc(C#N)ccc1S(=O)(=O)N1C2CCNCC1CC2.Cl. The Bertz CT molecular complexity index is 685. The van der Waals surface area contributed by atoms with Crippen molar-refractivity contribution in [2.75, 3.05) is 13.1 Å². The monoisotopic (exact) mass is 341 g/mol. The van der Waals surface area contributed by atoms with Crippen LogP contribution in [0.2, 0.25) is 0 Å². The first-order valence-corrected chi connectivity index (χ1v) is 8.73. The van der Waals surface area contributed by atoms with E-state index in [2.05, 4.69) is 5.32 Å². The summed E-state index contributed by atoms with van der Waals surface area (Å²) in [6.45, 7) is 3.36. The van der Waals surface area contributed by atoms with E-state index in [0.29, 0.717) is 16.0 Å². The molecule has 1 N–H and O–H groups in total. The van der Waals surface area contributed by atoms with E-state index in [0.717, 1.165) is 32.4 Å². The zero-order valence-corrected chi connectivity index (χ0v) is 14.1. The molecule has 120 valence electrons. The van der Waals surface area contributed by atoms with Gasteiger partial charge in [0.05, 0.1) is 16.5 Å². The lowest BCUT2D eigenvalue weighted by atomic mass is 10.1. The lowest BCUT2D eigenvalue weighted by Crippen LogP contribution is -2.42. The zero-order chi connectivity index (χ0) is 15.0. The molecule has 0 aliphatic carbocycles. The highest BCUT2D eigenvalue weighted by molar-refractivity contribution is 7.89. The fourth-order valence-electron chi connectivity index (χ4n) is 3.45. The van der Waals surface area contributed by atoms with Crippen LogP contribution < -0.4 is 5.32 Å². The predicted molar refractivity (Wildman–Crippen MR) is 86.5 cm³/mol. The van der Waals surface area contributed by atoms with Crippen molar-refractivity contribution < 1.29 is 8.42 Å². The van der Waals surface area contributed by atoms with Gasteiger partial charge in [-0.05, 0) is 56.5 Å². The molecule has 2 saturated heterocycles. The minimum absolute atomic E-state index is 0. The third-order valence-corrected chi connectivity index (χ3v) is 6.61. The summed E-state index contributed by atoms with van der Waals surface area (Å²) >= 11 is 0. The Morgan fingerprint density at radius 3 is 2.68 bits per heavy atom. The zero-order valence-electron chi connectivity index (χ0n) is 12.4. The highest BCUT2D eigenvalue weighted by Gasteiger charge is 2.43. The number of halogens is 1. The van der Waals surface area contributed by atoms with Gasteiger partial charge < -0.3 is 5.32 Å². The van der Waals surface area contributed by atoms with E-state index in [4.69, 9.17) is 5.26 Å². The molecule has 1 aromatic rings. The molecule has 2 heterocycles. The molecule has 2 unspecified atom stereocenters. The van der Waals surface area contributed by atoms with Crippen molar-refractivity contribution in [1.29, 1.82) is 5.26 Å². The second-order valence-corrected chi connectivity index (χ2v) is 7.62. The molecule has 0 saturated carbocycles. The van der Waals surface area contributed by atoms with Crippen LogP contribution in [0.5, 0.6) is 0 Å². The quantitative estimate of drug-likeness (QED) is 0.890. The smallest absolute Gasteiger partial charge is 0.243 e. The summed E-state index contributed by atoms with van der Waals surface area (Å²) < 4.78 is 27.8. The van der Waals surface area contributed by atoms with Gasteiger partial charge in [0, 0.05) is 18.6 Å². The maximum absolute atomic E-state index is 13.0. The topological polar surface area (TPSA) is 73.2 Å². The summed E-state index contributed by atoms with van der Waals surface area (Å²) in [6, 6.07) is 7.00. The van der Waals surface area contributed by atoms with Crippen molar-refractivity contribution in [2.24, 2.45) is 0 Å². The summed E-state index contributed by atoms with van der Waals surface area (Å²) in [6.07, 6.45) is 2.73. The molecule has 2 fully saturated rings. The summed E-state index contributed by atoms with van der Waals surface area (Å²) in [5.41, 5.74) is 1.14. The van der Waals surface area contributed by atoms with Crippen LogP contribution in [0.25, 0.3) is 0 Å². The van der Waals surface area contributed by atoms with Gasteiger partial charge in [0.1, 0.15) is 0 Å². The molecule has 0 spiro atoms. The van der Waals surface area contributed by atoms with E-state index in [1.807, 2.05) is 6.07 Å². The van der Waals surface area contributed by atoms with E-state index < -0.39 is 10.0 Å². The van der Waals surface area contributed by atoms with Gasteiger partial charge in [0.2, 0.25) is 10.0 Å². The fraction of sp³-hybridized carbons (Fsp3) is 0.533. The van der Waals surface area contributed by atoms with Crippen LogP contribution in [0.15, 0.2) is 23.1 Å². The van der Waals surface area contributed by atoms with Crippen molar-refractivity contribution in [3.63, 3.8) is 0 Å². The van der Waals surface area contributed by atoms with Crippen LogP contribution in [-0.2, 0) is 10.0 Å². The van der Waals surface area contributed by atoms with E-state index in [1.54, 1.807) is 29.4 Å². The molecule has 0 radical (unpaired) electrons. The number of nitrogens with one attached hydrogen (secondary N) is 1. The molecule has 0 amide bonds. The van der Waals surface area contributed by atoms with Crippen molar-refractivity contribution in [3.05, 3.63) is 29.3 Å². The Kier molecular flexibility index (Phi) is 5.13. The molecule has 1 aromatic carbocycles. The number of benzene rings is 1. The van der Waals surface area contributed by atoms with Gasteiger partial charge in [-0.1, -0.05) is 0 Å². The fourth-order valence-corrected chi connectivity index (χ4v) is 5.56. The molecule has 2 aliphatic rings. The molecular formula is C15H20ClN3O2S. The third kappa shape index (κ3) is 2.86. The average molecular weight is 342 g/mol. The number of rotatable bonds is 2. The van der Waals surface area contributed by atoms with Crippen molar-refractivity contribution >= 4 is 22.4 Å². The molecule has 2 aliphatic heterocycles. The number of sulfonamides is 1. The van der Waals surface area contributed by atoms with Gasteiger partial charge in [-0.2, -0.15) is 9.57 Å². The summed E-state index contributed by atoms with van der Waals surface area (Å²) in [5, 5.41) is 12.2. The van der Waals surface area contributed by atoms with Gasteiger partial charge in [-0.3, -0.25) is 0 Å². The molecule has 2 bridgehead atoms. The Hall–Kier alpha value is -1.13. The normalized spacial score (nSPS) is 25.1. The van der Waals surface area contributed by atoms with E-state index in [9.17, 15) is 8.42 Å². The highest BCUT2D eigenvalue weighted by atomic mass is 35.5. The Balaban J connectivity index is 0.00000176. The first-order valence-electron chi connectivity index (χ1n) is 7.29. The van der Waals surface area contributed by atoms with E-state index in [1.165, 1.54) is 0 Å². The van der Waals surface area contributed by atoms with Crippen LogP contribution in [0, 0.1) is 18.3 Å². The molecular weight excluding hydrogens is 322 g/mol. The predicted octanol–water partition coefficient (Wildman–Crippen LogP) is 1.80. The van der Waals surface area contributed by atoms with Gasteiger partial charge in [0.15, 0.2) is 0 Å². The number of nitrogens with zero attached hydrogens (tertiary/aromatic N) is 2. The van der Waals surface area contributed by atoms with Gasteiger partial charge >= 0.3 is 0 Å². The minimum Gasteiger partial charge on any atom is -0.315 e. The molecule has 7 heteroatoms. The second kappa shape index (κ2) is 6.55. The number of aryl methyl sites for hydroxylation is 1. The van der Waals surface area contributed by atoms with Crippen LogP contribution in [0.1, 0.15) is 30.4 Å². The largest absolute Gasteiger partial charge is 0.315 e. The van der Waals surface area contributed by atoms with Gasteiger partial charge in [-0.15, -0.1) is 12.4 Å². The summed E-state index contributed by atoms with van der Waals surface area (Å²) in [5.74, 6) is 0. The lowest BCUT2D eigenvalue weighted by molar-refractivity contribution is 0.334. The molecule has 5 nitrogen and oxygen atoms in total. The van der Waals surface area contributed by atoms with E-state index in [-0.39, 0.29) is 24.5 Å². The molecule has 0 aromatic heterocycles. The van der Waals surface area contributed by atoms with Gasteiger partial charge in [0.25, 0.3) is 0 Å². The second-order valence-electron chi connectivity index (χ2n) is 5.80. The van der Waals surface area contributed by atoms with Crippen LogP contribution >= 0.6 is 12.4 Å². The first kappa shape index (κ1) is 17.2. The van der Waals surface area contributed by atoms with Crippen molar-refractivity contribution in [1.82, 2.24) is 9.62 Å². The van der Waals surface area contributed by atoms with Crippen LogP contribution in [-0.4, -0.2) is 37.9 Å². The molecule has 2 atom stereocenters. The van der Waals surface area contributed by atoms with Crippen LogP contribution in [0.3, 0.4) is 0 Å². The van der Waals surface area contributed by atoms with Crippen molar-refractivity contribution in [2.45, 2.75) is 43.2 Å². The minimum atomic E-state index is -3.49. The standard InChI is InChI=1S/C15H19N3O2S.ClH/c1-11-8-12(9-16)2-5-15(11)21(19,20)18-13-3-4-14(18)10-17-7-6-13;/h2,5,8,13-14,17H,3-4,6-7,10H2,1H3;1H. The van der Waals surface area contributed by atoms with E-state index >= 15 is 0 Å². The van der Waals surface area contributed by atoms with Crippen molar-refractivity contribution in [3.8, 4) is 6.07 Å². The number of fused-ring (bicyclic) bond motifs is 2. The summed E-state index contributed by atoms with van der Waals surface area (Å²) in [7, 11) is -3.49. The lowest BCUT2D eigenvalue weighted by Gasteiger charge is -2.27. The molecule has 22 heavy (non-hydrogen) atoms. The third-order valence-electron chi connectivity index (χ3n) is 4.45. The maximum Gasteiger partial charge on any atom is 0.243 e. The maximum atomic E-state index is 13.0. The highest BCUT2D eigenvalue weighted by Crippen LogP contribution is 2.34. The Labute approximate surface area is 137 Å². The Morgan fingerprint density at radius 1 is 1.27 bits per heavy atom. The van der Waals surface area contributed by atoms with Crippen LogP contribution in [0.4, 0.5) is 0 Å². The number of hydrogen-bond donors (Lipinski definition) is 1. The Morgan fingerprint density at radius 2 is 2.00 bits per heavy atom. The number of nitriles is 1. The summed E-state index contributed by atoms with van der Waals surface area (Å²) in [4.78, 5) is 0.334. The van der Waals surface area contributed by atoms with Gasteiger partial charge in [-0.25, -0.2) is 8.42 Å².